The number of benzene rings is 3. The molecule has 2 aromatic heterocycles. The van der Waals surface area contributed by atoms with Gasteiger partial charge < -0.3 is 39.9 Å². The van der Waals surface area contributed by atoms with Crippen LogP contribution in [-0.2, 0) is 38.3 Å². The van der Waals surface area contributed by atoms with E-state index in [0.29, 0.717) is 24.9 Å². The monoisotopic (exact) mass is 894 g/mol. The Labute approximate surface area is 386 Å². The second kappa shape index (κ2) is 17.6. The minimum atomic E-state index is -0.686. The van der Waals surface area contributed by atoms with Gasteiger partial charge in [-0.25, -0.2) is 19.6 Å². The summed E-state index contributed by atoms with van der Waals surface area (Å²) in [5, 5.41) is 5.50. The van der Waals surface area contributed by atoms with Gasteiger partial charge in [-0.1, -0.05) is 58.0 Å². The molecule has 3 fully saturated rings. The third-order valence-corrected chi connectivity index (χ3v) is 15.4. The van der Waals surface area contributed by atoms with Crippen LogP contribution >= 0.6 is 0 Å². The Morgan fingerprint density at radius 1 is 0.682 bits per heavy atom. The van der Waals surface area contributed by atoms with Gasteiger partial charge in [0.25, 0.3) is 0 Å². The van der Waals surface area contributed by atoms with E-state index in [1.807, 2.05) is 43.7 Å². The third-order valence-electron chi connectivity index (χ3n) is 15.4. The highest BCUT2D eigenvalue weighted by atomic mass is 16.5. The smallest absolute Gasteiger partial charge is 0.407 e. The average molecular weight is 895 g/mol. The molecule has 4 N–H and O–H groups in total. The number of H-pyrrole nitrogens is 2. The molecule has 0 spiro atoms. The second-order valence-electron chi connectivity index (χ2n) is 19.8. The molecule has 14 nitrogen and oxygen atoms in total. The number of nitrogens with one attached hydrogen (secondary N) is 4. The van der Waals surface area contributed by atoms with Crippen LogP contribution in [0.1, 0.15) is 125 Å². The third kappa shape index (κ3) is 7.59. The molecule has 14 heteroatoms. The topological polar surface area (TPSA) is 175 Å². The molecule has 10 rings (SSSR count). The molecule has 5 aromatic rings. The first kappa shape index (κ1) is 43.7. The van der Waals surface area contributed by atoms with Crippen LogP contribution in [0.4, 0.5) is 9.59 Å². The molecule has 6 unspecified atom stereocenters. The van der Waals surface area contributed by atoms with Gasteiger partial charge in [-0.3, -0.25) is 9.59 Å². The molecular formula is C52H62N8O6. The van der Waals surface area contributed by atoms with Crippen molar-refractivity contribution in [3.05, 3.63) is 82.6 Å². The highest BCUT2D eigenvalue weighted by molar-refractivity contribution is 5.89. The summed E-state index contributed by atoms with van der Waals surface area (Å²) in [4.78, 5) is 72.8. The Balaban J connectivity index is 0.930. The molecule has 3 aromatic carbocycles. The number of alkyl carbamates (subject to hydrolysis) is 2. The highest BCUT2D eigenvalue weighted by Gasteiger charge is 2.43. The zero-order valence-corrected chi connectivity index (χ0v) is 39.0. The first-order valence-electron chi connectivity index (χ1n) is 24.1. The summed E-state index contributed by atoms with van der Waals surface area (Å²) in [5.41, 5.74) is 14.9. The molecule has 0 bridgehead atoms. The molecule has 4 amide bonds. The number of nitrogens with zero attached hydrogens (tertiary/aromatic N) is 4. The molecule has 2 saturated heterocycles. The number of carbonyl (C=O) groups is 4. The van der Waals surface area contributed by atoms with E-state index in [4.69, 9.17) is 19.4 Å². The molecule has 0 radical (unpaired) electrons. The van der Waals surface area contributed by atoms with E-state index >= 15 is 0 Å². The Morgan fingerprint density at radius 2 is 1.29 bits per heavy atom. The number of hydrogen-bond acceptors (Lipinski definition) is 8. The standard InChI is InChI=1S/C52H62N8O6/c1-27(2)45(57-51(63)65-5)49(61)59-22-8-12-42(59)47-53-26-41(56-47)36-19-18-35(33-10-7-11-34(33)36)37-20-17-31(38-24-29-14-16-32(29)44(37)38)30-15-21-39-40(25-30)55-48(54-39)43-13-9-23-60(43)50(62)46(28(3)4)58-52(64)66-6/h15,17-21,25-29,32,42-43,45-46H,7-14,16,22-24H2,1-6H3,(H,53,56)(H,54,55)(H,57,63)(H,58,64). The van der Waals surface area contributed by atoms with Crippen molar-refractivity contribution < 1.29 is 28.7 Å². The number of likely N-dealkylation sites (tertiary alicyclic amines) is 2. The first-order chi connectivity index (χ1) is 31.9. The van der Waals surface area contributed by atoms with Gasteiger partial charge >= 0.3 is 12.2 Å². The maximum atomic E-state index is 13.8. The van der Waals surface area contributed by atoms with Crippen LogP contribution < -0.4 is 10.6 Å². The number of amides is 4. The molecule has 66 heavy (non-hydrogen) atoms. The van der Waals surface area contributed by atoms with Crippen molar-refractivity contribution in [3.63, 3.8) is 0 Å². The van der Waals surface area contributed by atoms with Crippen molar-refractivity contribution in [1.82, 2.24) is 40.4 Å². The molecule has 4 heterocycles. The predicted molar refractivity (Wildman–Crippen MR) is 251 cm³/mol. The number of hydrogen-bond donors (Lipinski definition) is 4. The minimum absolute atomic E-state index is 0.0998. The largest absolute Gasteiger partial charge is 0.453 e. The number of aromatic nitrogens is 4. The van der Waals surface area contributed by atoms with Crippen molar-refractivity contribution in [3.8, 4) is 33.5 Å². The highest BCUT2D eigenvalue weighted by Crippen LogP contribution is 2.57. The number of carbonyl (C=O) groups excluding carboxylic acids is 4. The number of imidazole rings is 2. The van der Waals surface area contributed by atoms with E-state index in [1.165, 1.54) is 77.1 Å². The normalized spacial score (nSPS) is 21.7. The molecule has 2 aliphatic heterocycles. The molecule has 1 saturated carbocycles. The van der Waals surface area contributed by atoms with Crippen molar-refractivity contribution in [1.29, 1.82) is 0 Å². The van der Waals surface area contributed by atoms with Gasteiger partial charge in [0.1, 0.15) is 23.7 Å². The van der Waals surface area contributed by atoms with E-state index in [0.717, 1.165) is 79.7 Å². The van der Waals surface area contributed by atoms with E-state index in [9.17, 15) is 19.2 Å². The second-order valence-corrected chi connectivity index (χ2v) is 19.8. The van der Waals surface area contributed by atoms with Gasteiger partial charge in [-0.15, -0.1) is 0 Å². The summed E-state index contributed by atoms with van der Waals surface area (Å²) < 4.78 is 9.66. The van der Waals surface area contributed by atoms with Crippen LogP contribution in [0.5, 0.6) is 0 Å². The summed E-state index contributed by atoms with van der Waals surface area (Å²) in [5.74, 6) is 2.35. The van der Waals surface area contributed by atoms with Crippen LogP contribution in [0.15, 0.2) is 48.7 Å². The fourth-order valence-electron chi connectivity index (χ4n) is 11.9. The average Bonchev–Trinajstić information content (AvgIpc) is 4.17. The summed E-state index contributed by atoms with van der Waals surface area (Å²) in [6.45, 7) is 8.93. The van der Waals surface area contributed by atoms with Crippen molar-refractivity contribution in [2.75, 3.05) is 27.3 Å². The zero-order valence-electron chi connectivity index (χ0n) is 39.0. The van der Waals surface area contributed by atoms with E-state index in [2.05, 4.69) is 63.1 Å². The van der Waals surface area contributed by atoms with Crippen molar-refractivity contribution in [2.45, 2.75) is 122 Å². The van der Waals surface area contributed by atoms with Crippen LogP contribution in [0.2, 0.25) is 0 Å². The Bertz CT molecular complexity index is 2720. The zero-order chi connectivity index (χ0) is 46.0. The van der Waals surface area contributed by atoms with E-state index in [-0.39, 0.29) is 35.7 Å². The first-order valence-corrected chi connectivity index (χ1v) is 24.1. The Hall–Kier alpha value is -6.18. The SMILES string of the molecule is COC(=O)NC(C(=O)N1CCCC1c1ncc(-c2ccc(-c3ccc(-c4ccc5nc(C6CCCN6C(=O)C(NC(=O)OC)C(C)C)[nH]c5c4)c4c3C3CCC3C4)c3c2CCC3)[nH]1)C(C)C. The lowest BCUT2D eigenvalue weighted by Crippen LogP contribution is -2.51. The van der Waals surface area contributed by atoms with Crippen LogP contribution in [0.3, 0.4) is 0 Å². The molecule has 346 valence electrons. The molecule has 5 aliphatic rings. The number of fused-ring (bicyclic) bond motifs is 5. The molecular weight excluding hydrogens is 833 g/mol. The number of methoxy groups -OCH3 is 2. The summed E-state index contributed by atoms with van der Waals surface area (Å²) in [6.07, 6.45) is 10.7. The fraction of sp³-hybridized carbons (Fsp3) is 0.500. The number of rotatable bonds is 11. The maximum Gasteiger partial charge on any atom is 0.407 e. The van der Waals surface area contributed by atoms with Gasteiger partial charge in [0.2, 0.25) is 11.8 Å². The lowest BCUT2D eigenvalue weighted by atomic mass is 9.72. The Kier molecular flexibility index (Phi) is 11.6. The quantitative estimate of drug-likeness (QED) is 0.102. The predicted octanol–water partition coefficient (Wildman–Crippen LogP) is 8.91. The Morgan fingerprint density at radius 3 is 1.91 bits per heavy atom. The number of aromatic amines is 2. The molecule has 3 aliphatic carbocycles. The van der Waals surface area contributed by atoms with Gasteiger partial charge in [0.05, 0.1) is 49.2 Å². The van der Waals surface area contributed by atoms with Crippen molar-refractivity contribution in [2.24, 2.45) is 17.8 Å². The summed E-state index contributed by atoms with van der Waals surface area (Å²) in [6, 6.07) is 14.1. The summed E-state index contributed by atoms with van der Waals surface area (Å²) >= 11 is 0. The van der Waals surface area contributed by atoms with Gasteiger partial charge in [-0.05, 0) is 145 Å². The van der Waals surface area contributed by atoms with Crippen LogP contribution in [0, 0.1) is 17.8 Å². The van der Waals surface area contributed by atoms with Crippen molar-refractivity contribution >= 4 is 35.0 Å². The summed E-state index contributed by atoms with van der Waals surface area (Å²) in [7, 11) is 2.62. The van der Waals surface area contributed by atoms with Gasteiger partial charge in [0, 0.05) is 18.7 Å². The van der Waals surface area contributed by atoms with Crippen LogP contribution in [0.25, 0.3) is 44.5 Å². The van der Waals surface area contributed by atoms with Gasteiger partial charge in [-0.2, -0.15) is 0 Å². The lowest BCUT2D eigenvalue weighted by molar-refractivity contribution is -0.136. The fourth-order valence-corrected chi connectivity index (χ4v) is 11.9. The minimum Gasteiger partial charge on any atom is -0.453 e. The van der Waals surface area contributed by atoms with E-state index < -0.39 is 24.3 Å². The van der Waals surface area contributed by atoms with Crippen LogP contribution in [-0.4, -0.2) is 93.1 Å². The lowest BCUT2D eigenvalue weighted by Gasteiger charge is -2.32. The van der Waals surface area contributed by atoms with Gasteiger partial charge in [0.15, 0.2) is 0 Å². The maximum absolute atomic E-state index is 13.8. The molecule has 6 atom stereocenters. The van der Waals surface area contributed by atoms with E-state index in [1.54, 1.807) is 0 Å². The number of ether oxygens (including phenoxy) is 2.